The Labute approximate surface area is 708 Å². The summed E-state index contributed by atoms with van der Waals surface area (Å²) in [6.07, 6.45) is 15.5. The molecule has 0 spiro atoms. The van der Waals surface area contributed by atoms with Crippen molar-refractivity contribution in [1.82, 2.24) is 42.5 Å². The molecule has 9 unspecified atom stereocenters. The molecule has 0 aliphatic carbocycles. The average Bonchev–Trinajstić information content (AvgIpc) is 1.22. The highest BCUT2D eigenvalue weighted by Crippen LogP contribution is 2.51. The highest BCUT2D eigenvalue weighted by atomic mass is 35.5. The van der Waals surface area contributed by atoms with Gasteiger partial charge in [-0.1, -0.05) is 144 Å². The lowest BCUT2D eigenvalue weighted by atomic mass is 9.85. The van der Waals surface area contributed by atoms with E-state index in [4.69, 9.17) is 43.1 Å². The van der Waals surface area contributed by atoms with E-state index in [1.807, 2.05) is 0 Å². The van der Waals surface area contributed by atoms with Crippen molar-refractivity contribution in [3.05, 3.63) is 164 Å². The molecule has 6 aliphatic rings. The van der Waals surface area contributed by atoms with Gasteiger partial charge in [-0.15, -0.1) is 0 Å². The summed E-state index contributed by atoms with van der Waals surface area (Å²) >= 11 is 14.0. The number of aliphatic hydroxyl groups excluding tert-OH is 2. The Morgan fingerprint density at radius 3 is 1.48 bits per heavy atom. The van der Waals surface area contributed by atoms with Crippen molar-refractivity contribution in [2.45, 2.75) is 190 Å². The molecule has 7 aromatic rings. The predicted octanol–water partition coefficient (Wildman–Crippen LogP) is 11.8. The number of ether oxygens (including phenoxy) is 3. The van der Waals surface area contributed by atoms with Gasteiger partial charge < -0.3 is 112 Å². The molecule has 7 aromatic carbocycles. The van der Waals surface area contributed by atoms with Gasteiger partial charge in [0.2, 0.25) is 47.1 Å². The zero-order chi connectivity index (χ0) is 86.3. The first-order valence-corrected chi connectivity index (χ1v) is 42.2. The Kier molecular flexibility index (Phi) is 30.5. The number of aliphatic hydroxyl groups is 2. The average molecular weight is 1700 g/mol. The minimum atomic E-state index is -2.28. The summed E-state index contributed by atoms with van der Waals surface area (Å²) in [5.41, 5.74) is 3.86. The summed E-state index contributed by atoms with van der Waals surface area (Å²) in [4.78, 5) is 110. The van der Waals surface area contributed by atoms with Crippen molar-refractivity contribution in [2.75, 3.05) is 67.5 Å². The normalized spacial score (nSPS) is 20.0. The van der Waals surface area contributed by atoms with Crippen LogP contribution in [-0.4, -0.2) is 171 Å². The number of phenols is 6. The maximum Gasteiger partial charge on any atom is 0.248 e. The topological polar surface area (TPSA) is 431 Å². The molecule has 15 bridgehead atoms. The van der Waals surface area contributed by atoms with Gasteiger partial charge in [0.25, 0.3) is 0 Å². The van der Waals surface area contributed by atoms with Crippen molar-refractivity contribution >= 4 is 64.6 Å². The second-order valence-corrected chi connectivity index (χ2v) is 33.8. The van der Waals surface area contributed by atoms with E-state index >= 15 is 28.8 Å². The Morgan fingerprint density at radius 1 is 0.433 bits per heavy atom. The first-order chi connectivity index (χ1) is 57.3. The number of nitrogens with one attached hydrogen (secondary N) is 8. The monoisotopic (exact) mass is 1690 g/mol. The highest BCUT2D eigenvalue weighted by Gasteiger charge is 2.44. The van der Waals surface area contributed by atoms with Crippen molar-refractivity contribution in [1.29, 1.82) is 0 Å². The van der Waals surface area contributed by atoms with Crippen LogP contribution in [0.5, 0.6) is 69.0 Å². The summed E-state index contributed by atoms with van der Waals surface area (Å²) in [5, 5.41) is 120. The Morgan fingerprint density at radius 2 is 0.917 bits per heavy atom. The van der Waals surface area contributed by atoms with Crippen LogP contribution in [0.15, 0.2) is 109 Å². The minimum Gasteiger partial charge on any atom is -0.508 e. The summed E-state index contributed by atoms with van der Waals surface area (Å²) in [5.74, 6) is -14.7. The zero-order valence-corrected chi connectivity index (χ0v) is 70.2. The smallest absolute Gasteiger partial charge is 0.248 e. The molecule has 120 heavy (non-hydrogen) atoms. The third-order valence-corrected chi connectivity index (χ3v) is 23.4. The number of aromatic hydroxyl groups is 6. The molecular weight excluding hydrogens is 1580 g/mol. The van der Waals surface area contributed by atoms with Crippen LogP contribution in [-0.2, 0) is 40.1 Å². The number of hydrogen-bond donors (Lipinski definition) is 17. The van der Waals surface area contributed by atoms with Crippen LogP contribution in [0.1, 0.15) is 216 Å². The number of rotatable bonds is 29. The third kappa shape index (κ3) is 22.3. The summed E-state index contributed by atoms with van der Waals surface area (Å²) in [6, 6.07) is 6.87. The number of amides is 7. The Hall–Kier alpha value is -10.6. The minimum absolute atomic E-state index is 0.0412. The maximum absolute atomic E-state index is 16.5. The Balaban J connectivity index is 1.05. The van der Waals surface area contributed by atoms with Gasteiger partial charge in [-0.25, -0.2) is 0 Å². The van der Waals surface area contributed by atoms with Crippen LogP contribution in [0.25, 0.3) is 11.1 Å². The van der Waals surface area contributed by atoms with Crippen molar-refractivity contribution in [3.8, 4) is 80.1 Å². The SMILES string of the molecule is CCCCCCCCCC[N+](C)(C)CCCNCc1c(O)cc2c(c1O)-c1c(O)cccc1C1NC(=O)C3NC(=O)C4NC(=O)C(NC(=O)C(N)c5ccc(O)c(c5)Oc5cc(O)cc4c5)C(O)c4ccc(c(Cl)c4)Oc4cc3cc(c4O)Oc3ccc(cc3Cl)C(O)C(NC1=O)C(=O)NC2C(=O)NCCC[N+](C)(C)CCCCCCCCCC. The second-order valence-electron chi connectivity index (χ2n) is 33.0. The van der Waals surface area contributed by atoms with Crippen molar-refractivity contribution in [3.63, 3.8) is 0 Å². The molecule has 0 saturated heterocycles. The maximum atomic E-state index is 16.5. The molecule has 6 heterocycles. The molecule has 0 fully saturated rings. The van der Waals surface area contributed by atoms with Gasteiger partial charge in [0, 0.05) is 49.7 Å². The first-order valence-electron chi connectivity index (χ1n) is 41.5. The molecule has 7 amide bonds. The van der Waals surface area contributed by atoms with Crippen LogP contribution in [0.3, 0.4) is 0 Å². The fraction of sp³-hybridized carbons (Fsp3) is 0.449. The third-order valence-electron chi connectivity index (χ3n) is 22.8. The standard InChI is InChI=1S/C89H111Cl2N11O18/c1-7-9-11-13-15-17-19-21-36-101(3,4)38-24-34-93-49-59-64(106)48-58-71(81(59)109)70-57(26-23-27-63(70)105)75-87(115)100-78(89(117)98-76(58)84(112)94-35-25-39-102(5,6)37-22-20-18-16-14-12-10-8-2)80(108)52-30-33-66(61(91)43-52)120-69-46-54-45-68(82(69)110)119-65-32-29-51(42-60(65)90)79(107)77-88(116)96-73(85(113)95-74(54)86(114)97-75)53-40-55(103)47-56(41-53)118-67-44-50(28-31-62(67)104)72(92)83(111)99-77/h23,26-33,40-48,72-80,93,107-108H,7-22,24-25,34-39,49,92H2,1-6H3,(H11-2,94,95,96,97,98,99,100,103,104,105,106,109,110,111,112,113,114,115,116,117)/p+2. The Bertz CT molecular complexity index is 4890. The molecule has 31 heteroatoms. The van der Waals surface area contributed by atoms with Crippen LogP contribution >= 0.6 is 23.2 Å². The van der Waals surface area contributed by atoms with Crippen molar-refractivity contribution < 1.29 is 97.6 Å². The quantitative estimate of drug-likeness (QED) is 0.0153. The number of phenolic OH excluding ortho intramolecular Hbond substituents is 6. The first kappa shape index (κ1) is 90.1. The predicted molar refractivity (Wildman–Crippen MR) is 451 cm³/mol. The largest absolute Gasteiger partial charge is 0.508 e. The van der Waals surface area contributed by atoms with E-state index in [1.54, 1.807) is 0 Å². The van der Waals surface area contributed by atoms with Gasteiger partial charge in [0.05, 0.1) is 70.0 Å². The zero-order valence-electron chi connectivity index (χ0n) is 68.7. The molecule has 29 nitrogen and oxygen atoms in total. The number of benzene rings is 7. The molecule has 0 radical (unpaired) electrons. The number of nitrogens with zero attached hydrogens (tertiary/aromatic N) is 2. The summed E-state index contributed by atoms with van der Waals surface area (Å²) in [7, 11) is 8.53. The van der Waals surface area contributed by atoms with E-state index < -0.39 is 153 Å². The van der Waals surface area contributed by atoms with Gasteiger partial charge in [-0.05, 0) is 137 Å². The lowest BCUT2D eigenvalue weighted by Crippen LogP contribution is -2.56. The molecule has 0 aromatic heterocycles. The van der Waals surface area contributed by atoms with Gasteiger partial charge in [0.15, 0.2) is 23.0 Å². The molecule has 18 N–H and O–H groups in total. The second kappa shape index (κ2) is 40.6. The van der Waals surface area contributed by atoms with Crippen LogP contribution in [0, 0.1) is 0 Å². The lowest BCUT2D eigenvalue weighted by Gasteiger charge is -2.31. The highest BCUT2D eigenvalue weighted by molar-refractivity contribution is 6.32. The summed E-state index contributed by atoms with van der Waals surface area (Å²) < 4.78 is 20.2. The van der Waals surface area contributed by atoms with E-state index in [-0.39, 0.29) is 90.6 Å². The van der Waals surface area contributed by atoms with Gasteiger partial charge in [-0.3, -0.25) is 33.6 Å². The van der Waals surface area contributed by atoms with E-state index in [9.17, 15) is 45.6 Å². The molecule has 9 atom stereocenters. The van der Waals surface area contributed by atoms with Crippen LogP contribution in [0.2, 0.25) is 10.0 Å². The van der Waals surface area contributed by atoms with Crippen LogP contribution in [0.4, 0.5) is 0 Å². The fourth-order valence-corrected chi connectivity index (χ4v) is 16.3. The molecule has 13 rings (SSSR count). The van der Waals surface area contributed by atoms with Gasteiger partial charge in [-0.2, -0.15) is 0 Å². The number of hydrogen-bond acceptors (Lipinski definition) is 20. The molecule has 644 valence electrons. The van der Waals surface area contributed by atoms with Gasteiger partial charge >= 0.3 is 0 Å². The number of quaternary nitrogens is 2. The number of fused-ring (bicyclic) bond motifs is 13. The van der Waals surface area contributed by atoms with Gasteiger partial charge in [0.1, 0.15) is 94.7 Å². The fourth-order valence-electron chi connectivity index (χ4n) is 15.9. The number of carbonyl (C=O) groups is 7. The number of unbranched alkanes of at least 4 members (excludes halogenated alkanes) is 14. The molecule has 0 saturated carbocycles. The van der Waals surface area contributed by atoms with E-state index in [2.05, 4.69) is 84.6 Å². The number of nitrogens with two attached hydrogens (primary N) is 1. The van der Waals surface area contributed by atoms with Crippen LogP contribution < -0.4 is 62.5 Å². The van der Waals surface area contributed by atoms with E-state index in [0.717, 1.165) is 86.6 Å². The lowest BCUT2D eigenvalue weighted by molar-refractivity contribution is -0.890. The molecule has 6 aliphatic heterocycles. The van der Waals surface area contributed by atoms with E-state index in [1.165, 1.54) is 149 Å². The number of halogens is 2. The van der Waals surface area contributed by atoms with E-state index in [0.29, 0.717) is 30.4 Å². The number of carbonyl (C=O) groups excluding carboxylic acids is 7. The van der Waals surface area contributed by atoms with Crippen molar-refractivity contribution in [2.24, 2.45) is 5.73 Å². The summed E-state index contributed by atoms with van der Waals surface area (Å²) in [6.45, 7) is 7.78. The molecular formula is C89H113Cl2N11O18+2.